The first-order valence-electron chi connectivity index (χ1n) is 10.8. The van der Waals surface area contributed by atoms with Crippen LogP contribution in [0.4, 0.5) is 4.79 Å². The summed E-state index contributed by atoms with van der Waals surface area (Å²) < 4.78 is 28.7. The number of carbonyl (C=O) groups is 2. The van der Waals surface area contributed by atoms with E-state index in [2.05, 4.69) is 28.8 Å². The van der Waals surface area contributed by atoms with E-state index in [1.165, 1.54) is 16.8 Å². The van der Waals surface area contributed by atoms with Crippen molar-refractivity contribution in [1.82, 2.24) is 24.8 Å². The summed E-state index contributed by atoms with van der Waals surface area (Å²) in [6, 6.07) is -0.361. The molecule has 2 saturated carbocycles. The third-order valence-electron chi connectivity index (χ3n) is 7.12. The largest absolute Gasteiger partial charge is 0.326 e. The van der Waals surface area contributed by atoms with Gasteiger partial charge in [0.1, 0.15) is 0 Å². The molecule has 11 heteroatoms. The van der Waals surface area contributed by atoms with E-state index in [0.717, 1.165) is 12.8 Å². The van der Waals surface area contributed by atoms with Gasteiger partial charge in [0.05, 0.1) is 16.4 Å². The van der Waals surface area contributed by atoms with E-state index in [-0.39, 0.29) is 41.2 Å². The lowest BCUT2D eigenvalue weighted by Gasteiger charge is -2.47. The number of amides is 3. The zero-order valence-corrected chi connectivity index (χ0v) is 19.7. The second-order valence-corrected chi connectivity index (χ2v) is 12.8. The SMILES string of the molecule is CC(C)C1NNSC1CN1C(=O)C2CC(S(=O)(=O)NC3(C)CC3)CCC2N(C)C1=O. The minimum absolute atomic E-state index is 0.0439. The molecule has 5 unspecified atom stereocenters. The third-order valence-corrected chi connectivity index (χ3v) is 10.2. The fraction of sp³-hybridized carbons (Fsp3) is 0.895. The Kier molecular flexibility index (Phi) is 5.89. The van der Waals surface area contributed by atoms with Crippen LogP contribution in [0.25, 0.3) is 0 Å². The topological polar surface area (TPSA) is 111 Å². The second kappa shape index (κ2) is 7.91. The van der Waals surface area contributed by atoms with Crippen LogP contribution in [0.1, 0.15) is 52.9 Å². The molecule has 0 aromatic heterocycles. The van der Waals surface area contributed by atoms with Crippen LogP contribution in [0.2, 0.25) is 0 Å². The normalized spacial score (nSPS) is 36.4. The molecule has 30 heavy (non-hydrogen) atoms. The fourth-order valence-corrected chi connectivity index (χ4v) is 7.98. The summed E-state index contributed by atoms with van der Waals surface area (Å²) in [6.45, 7) is 6.43. The van der Waals surface area contributed by atoms with Crippen LogP contribution in [0.3, 0.4) is 0 Å². The number of hydrogen-bond acceptors (Lipinski definition) is 7. The van der Waals surface area contributed by atoms with E-state index < -0.39 is 21.2 Å². The molecule has 3 N–H and O–H groups in total. The number of hydrogen-bond donors (Lipinski definition) is 3. The van der Waals surface area contributed by atoms with Gasteiger partial charge in [0.25, 0.3) is 0 Å². The monoisotopic (exact) mass is 459 g/mol. The average molecular weight is 460 g/mol. The molecule has 0 aromatic carbocycles. The van der Waals surface area contributed by atoms with Crippen LogP contribution >= 0.6 is 11.9 Å². The number of imide groups is 1. The molecule has 9 nitrogen and oxygen atoms in total. The first-order valence-corrected chi connectivity index (χ1v) is 13.2. The molecule has 4 fully saturated rings. The van der Waals surface area contributed by atoms with Gasteiger partial charge in [0.15, 0.2) is 0 Å². The minimum atomic E-state index is -3.49. The Hall–Kier alpha value is -0.880. The Balaban J connectivity index is 1.50. The lowest BCUT2D eigenvalue weighted by Crippen LogP contribution is -2.64. The van der Waals surface area contributed by atoms with Crippen molar-refractivity contribution in [1.29, 1.82) is 0 Å². The first-order chi connectivity index (χ1) is 14.0. The number of hydrazine groups is 1. The van der Waals surface area contributed by atoms with Crippen molar-refractivity contribution in [3.8, 4) is 0 Å². The quantitative estimate of drug-likeness (QED) is 0.509. The number of urea groups is 1. The molecule has 3 amide bonds. The molecule has 2 aliphatic carbocycles. The van der Waals surface area contributed by atoms with Crippen LogP contribution in [0.15, 0.2) is 0 Å². The van der Waals surface area contributed by atoms with E-state index in [9.17, 15) is 18.0 Å². The first kappa shape index (κ1) is 22.3. The molecule has 5 atom stereocenters. The smallest absolute Gasteiger partial charge is 0.324 e. The van der Waals surface area contributed by atoms with E-state index in [1.54, 1.807) is 11.9 Å². The molecule has 4 aliphatic rings. The maximum atomic E-state index is 13.4. The predicted octanol–water partition coefficient (Wildman–Crippen LogP) is 1.04. The van der Waals surface area contributed by atoms with Crippen molar-refractivity contribution in [3.63, 3.8) is 0 Å². The molecule has 170 valence electrons. The van der Waals surface area contributed by atoms with Crippen LogP contribution < -0.4 is 15.0 Å². The molecule has 0 spiro atoms. The molecule has 4 rings (SSSR count). The Bertz CT molecular complexity index is 816. The highest BCUT2D eigenvalue weighted by atomic mass is 32.2. The molecule has 2 aliphatic heterocycles. The van der Waals surface area contributed by atoms with Gasteiger partial charge < -0.3 is 4.90 Å². The molecule has 2 heterocycles. The van der Waals surface area contributed by atoms with Crippen molar-refractivity contribution in [3.05, 3.63) is 0 Å². The number of fused-ring (bicyclic) bond motifs is 1. The lowest BCUT2D eigenvalue weighted by atomic mass is 9.81. The van der Waals surface area contributed by atoms with Crippen LogP contribution in [-0.2, 0) is 14.8 Å². The van der Waals surface area contributed by atoms with Gasteiger partial charge in [-0.25, -0.2) is 28.2 Å². The van der Waals surface area contributed by atoms with Gasteiger partial charge in [0.2, 0.25) is 15.9 Å². The highest BCUT2D eigenvalue weighted by molar-refractivity contribution is 7.98. The van der Waals surface area contributed by atoms with Gasteiger partial charge >= 0.3 is 6.03 Å². The number of nitrogens with zero attached hydrogens (tertiary/aromatic N) is 2. The Labute approximate surface area is 183 Å². The van der Waals surface area contributed by atoms with Crippen LogP contribution in [0, 0.1) is 11.8 Å². The molecule has 0 bridgehead atoms. The van der Waals surface area contributed by atoms with E-state index in [4.69, 9.17) is 0 Å². The number of nitrogens with one attached hydrogen (secondary N) is 3. The molecule has 0 aromatic rings. The predicted molar refractivity (Wildman–Crippen MR) is 116 cm³/mol. The van der Waals surface area contributed by atoms with Crippen molar-refractivity contribution >= 4 is 33.9 Å². The van der Waals surface area contributed by atoms with Crippen LogP contribution in [-0.4, -0.2) is 71.9 Å². The zero-order valence-electron chi connectivity index (χ0n) is 18.1. The minimum Gasteiger partial charge on any atom is -0.324 e. The van der Waals surface area contributed by atoms with Gasteiger partial charge in [-0.15, -0.1) is 0 Å². The molecule has 2 saturated heterocycles. The van der Waals surface area contributed by atoms with Gasteiger partial charge in [0, 0.05) is 31.2 Å². The number of rotatable bonds is 6. The summed E-state index contributed by atoms with van der Waals surface area (Å²) in [6.07, 6.45) is 2.98. The lowest BCUT2D eigenvalue weighted by molar-refractivity contribution is -0.139. The summed E-state index contributed by atoms with van der Waals surface area (Å²) in [5, 5.41) is -0.543. The van der Waals surface area contributed by atoms with Gasteiger partial charge in [-0.3, -0.25) is 9.69 Å². The summed E-state index contributed by atoms with van der Waals surface area (Å²) in [7, 11) is -1.76. The Morgan fingerprint density at radius 3 is 2.60 bits per heavy atom. The highest BCUT2D eigenvalue weighted by Crippen LogP contribution is 2.40. The maximum absolute atomic E-state index is 13.4. The van der Waals surface area contributed by atoms with E-state index in [0.29, 0.717) is 25.3 Å². The Morgan fingerprint density at radius 1 is 1.27 bits per heavy atom. The van der Waals surface area contributed by atoms with Crippen molar-refractivity contribution in [2.24, 2.45) is 11.8 Å². The summed E-state index contributed by atoms with van der Waals surface area (Å²) in [5.41, 5.74) is 2.89. The highest BCUT2D eigenvalue weighted by Gasteiger charge is 2.52. The Morgan fingerprint density at radius 2 is 1.97 bits per heavy atom. The zero-order chi connectivity index (χ0) is 21.8. The maximum Gasteiger partial charge on any atom is 0.326 e. The number of carbonyl (C=O) groups excluding carboxylic acids is 2. The van der Waals surface area contributed by atoms with Gasteiger partial charge in [-0.1, -0.05) is 25.8 Å². The van der Waals surface area contributed by atoms with E-state index in [1.807, 2.05) is 6.92 Å². The van der Waals surface area contributed by atoms with E-state index >= 15 is 0 Å². The fourth-order valence-electron chi connectivity index (χ4n) is 4.91. The van der Waals surface area contributed by atoms with Crippen molar-refractivity contribution in [2.45, 2.75) is 81.0 Å². The van der Waals surface area contributed by atoms with Gasteiger partial charge in [-0.2, -0.15) is 0 Å². The summed E-state index contributed by atoms with van der Waals surface area (Å²) in [4.78, 5) is 32.4. The van der Waals surface area contributed by atoms with Crippen molar-refractivity contribution in [2.75, 3.05) is 13.6 Å². The standard InChI is InChI=1S/C19H33N5O4S2/c1-11(2)16-15(29-22-20-16)10-24-17(25)13-9-12(5-6-14(13)23(4)18(24)26)30(27,28)21-19(3)7-8-19/h11-16,20-22H,5-10H2,1-4H3. The summed E-state index contributed by atoms with van der Waals surface area (Å²) >= 11 is 1.49. The average Bonchev–Trinajstić information content (AvgIpc) is 3.21. The molecular weight excluding hydrogens is 426 g/mol. The third kappa shape index (κ3) is 4.11. The summed E-state index contributed by atoms with van der Waals surface area (Å²) in [5.74, 6) is -0.354. The number of sulfonamides is 1. The molecular formula is C19H33N5O4S2. The van der Waals surface area contributed by atoms with Crippen LogP contribution in [0.5, 0.6) is 0 Å². The molecule has 0 radical (unpaired) electrons. The van der Waals surface area contributed by atoms with Gasteiger partial charge in [-0.05, 0) is 44.9 Å². The van der Waals surface area contributed by atoms with Crippen molar-refractivity contribution < 1.29 is 18.0 Å². The second-order valence-electron chi connectivity index (χ2n) is 9.83.